The summed E-state index contributed by atoms with van der Waals surface area (Å²) in [6, 6.07) is 5.50. The number of rotatable bonds is 8. The van der Waals surface area contributed by atoms with Crippen LogP contribution in [-0.2, 0) is 18.9 Å². The average molecular weight is 416 g/mol. The van der Waals surface area contributed by atoms with Crippen molar-refractivity contribution in [3.8, 4) is 0 Å². The molecule has 0 spiro atoms. The van der Waals surface area contributed by atoms with E-state index >= 15 is 0 Å². The number of benzene rings is 2. The minimum atomic E-state index is -0.704. The quantitative estimate of drug-likeness (QED) is 0.475. The SMILES string of the molecule is CCOC(=O)c1cc(C(=O)OCC)c2cc(C(=O)OCC)cc(C(=O)OCC)c2c1. The van der Waals surface area contributed by atoms with Crippen LogP contribution in [-0.4, -0.2) is 50.3 Å². The predicted molar refractivity (Wildman–Crippen MR) is 108 cm³/mol. The molecule has 0 heterocycles. The summed E-state index contributed by atoms with van der Waals surface area (Å²) in [5.74, 6) is -2.72. The summed E-state index contributed by atoms with van der Waals surface area (Å²) in [5, 5.41) is 0.519. The fourth-order valence-corrected chi connectivity index (χ4v) is 2.88. The molecule has 0 saturated heterocycles. The number of carbonyl (C=O) groups excluding carboxylic acids is 4. The summed E-state index contributed by atoms with van der Waals surface area (Å²) < 4.78 is 20.3. The van der Waals surface area contributed by atoms with Crippen LogP contribution in [0, 0.1) is 0 Å². The Labute approximate surface area is 174 Å². The van der Waals surface area contributed by atoms with E-state index in [2.05, 4.69) is 0 Å². The van der Waals surface area contributed by atoms with Gasteiger partial charge in [-0.1, -0.05) is 0 Å². The minimum Gasteiger partial charge on any atom is -0.462 e. The highest BCUT2D eigenvalue weighted by Crippen LogP contribution is 2.29. The van der Waals surface area contributed by atoms with Crippen molar-refractivity contribution in [2.75, 3.05) is 26.4 Å². The Bertz CT molecular complexity index is 898. The van der Waals surface area contributed by atoms with E-state index in [0.717, 1.165) is 0 Å². The van der Waals surface area contributed by atoms with Crippen LogP contribution in [0.5, 0.6) is 0 Å². The van der Waals surface area contributed by atoms with Gasteiger partial charge in [-0.15, -0.1) is 0 Å². The van der Waals surface area contributed by atoms with E-state index in [1.54, 1.807) is 27.7 Å². The summed E-state index contributed by atoms with van der Waals surface area (Å²) in [7, 11) is 0. The first-order chi connectivity index (χ1) is 14.4. The lowest BCUT2D eigenvalue weighted by Crippen LogP contribution is -2.14. The van der Waals surface area contributed by atoms with Crippen LogP contribution in [0.1, 0.15) is 69.1 Å². The minimum absolute atomic E-state index is 0.0223. The number of hydrogen-bond acceptors (Lipinski definition) is 8. The molecule has 8 nitrogen and oxygen atoms in total. The van der Waals surface area contributed by atoms with Gasteiger partial charge in [0.05, 0.1) is 48.7 Å². The summed E-state index contributed by atoms with van der Waals surface area (Å²) in [4.78, 5) is 49.8. The maximum Gasteiger partial charge on any atom is 0.338 e. The van der Waals surface area contributed by atoms with Crippen molar-refractivity contribution in [2.24, 2.45) is 0 Å². The molecule has 0 bridgehead atoms. The second-order valence-electron chi connectivity index (χ2n) is 6.02. The lowest BCUT2D eigenvalue weighted by molar-refractivity contribution is 0.0504. The zero-order valence-electron chi connectivity index (χ0n) is 17.4. The molecule has 0 aliphatic carbocycles. The predicted octanol–water partition coefficient (Wildman–Crippen LogP) is 3.55. The molecule has 2 rings (SSSR count). The lowest BCUT2D eigenvalue weighted by Gasteiger charge is -2.14. The molecular weight excluding hydrogens is 392 g/mol. The van der Waals surface area contributed by atoms with Gasteiger partial charge in [0.2, 0.25) is 0 Å². The Hall–Kier alpha value is -3.42. The molecule has 0 aromatic heterocycles. The van der Waals surface area contributed by atoms with Crippen molar-refractivity contribution in [1.82, 2.24) is 0 Å². The zero-order chi connectivity index (χ0) is 22.3. The van der Waals surface area contributed by atoms with Crippen LogP contribution in [0.15, 0.2) is 24.3 Å². The van der Waals surface area contributed by atoms with Gasteiger partial charge in [-0.3, -0.25) is 0 Å². The summed E-state index contributed by atoms with van der Waals surface area (Å²) >= 11 is 0. The fourth-order valence-electron chi connectivity index (χ4n) is 2.88. The number of hydrogen-bond donors (Lipinski definition) is 0. The van der Waals surface area contributed by atoms with Crippen LogP contribution >= 0.6 is 0 Å². The van der Waals surface area contributed by atoms with Crippen LogP contribution in [0.25, 0.3) is 10.8 Å². The van der Waals surface area contributed by atoms with Crippen molar-refractivity contribution in [3.05, 3.63) is 46.5 Å². The average Bonchev–Trinajstić information content (AvgIpc) is 2.72. The number of esters is 4. The van der Waals surface area contributed by atoms with Crippen LogP contribution in [0.3, 0.4) is 0 Å². The number of ether oxygens (including phenoxy) is 4. The summed E-state index contributed by atoms with van der Waals surface area (Å²) in [6.45, 7) is 7.07. The van der Waals surface area contributed by atoms with E-state index in [4.69, 9.17) is 18.9 Å². The van der Waals surface area contributed by atoms with Crippen molar-refractivity contribution < 1.29 is 38.1 Å². The van der Waals surface area contributed by atoms with E-state index in [1.165, 1.54) is 24.3 Å². The monoisotopic (exact) mass is 416 g/mol. The molecule has 2 aromatic rings. The molecule has 0 amide bonds. The molecule has 30 heavy (non-hydrogen) atoms. The van der Waals surface area contributed by atoms with Gasteiger partial charge < -0.3 is 18.9 Å². The van der Waals surface area contributed by atoms with Gasteiger partial charge in [0.25, 0.3) is 0 Å². The Morgan fingerprint density at radius 3 is 1.13 bits per heavy atom. The Morgan fingerprint density at radius 1 is 0.533 bits per heavy atom. The Morgan fingerprint density at radius 2 is 0.833 bits per heavy atom. The first kappa shape index (κ1) is 22.9. The summed E-state index contributed by atoms with van der Waals surface area (Å²) in [6.07, 6.45) is 0. The third-order valence-corrected chi connectivity index (χ3v) is 4.08. The highest BCUT2D eigenvalue weighted by molar-refractivity contribution is 6.15. The van der Waals surface area contributed by atoms with Crippen LogP contribution < -0.4 is 0 Å². The molecule has 0 saturated carbocycles. The largest absolute Gasteiger partial charge is 0.462 e. The molecule has 0 fully saturated rings. The van der Waals surface area contributed by atoms with E-state index in [1.807, 2.05) is 0 Å². The van der Waals surface area contributed by atoms with Gasteiger partial charge >= 0.3 is 23.9 Å². The van der Waals surface area contributed by atoms with E-state index in [0.29, 0.717) is 0 Å². The zero-order valence-corrected chi connectivity index (χ0v) is 17.4. The maximum absolute atomic E-state index is 12.6. The Kier molecular flexibility index (Phi) is 7.91. The van der Waals surface area contributed by atoms with Gasteiger partial charge in [0.15, 0.2) is 0 Å². The first-order valence-corrected chi connectivity index (χ1v) is 9.68. The molecule has 0 atom stereocenters. The normalized spacial score (nSPS) is 10.4. The van der Waals surface area contributed by atoms with E-state index in [9.17, 15) is 19.2 Å². The van der Waals surface area contributed by atoms with Crippen LogP contribution in [0.2, 0.25) is 0 Å². The van der Waals surface area contributed by atoms with E-state index in [-0.39, 0.29) is 59.5 Å². The van der Waals surface area contributed by atoms with Crippen molar-refractivity contribution in [3.63, 3.8) is 0 Å². The molecule has 2 aromatic carbocycles. The van der Waals surface area contributed by atoms with Gasteiger partial charge in [0.1, 0.15) is 0 Å². The van der Waals surface area contributed by atoms with E-state index < -0.39 is 23.9 Å². The third kappa shape index (κ3) is 4.94. The third-order valence-electron chi connectivity index (χ3n) is 4.08. The second-order valence-corrected chi connectivity index (χ2v) is 6.02. The fraction of sp³-hybridized carbons (Fsp3) is 0.364. The number of fused-ring (bicyclic) bond motifs is 1. The van der Waals surface area contributed by atoms with Crippen molar-refractivity contribution in [2.45, 2.75) is 27.7 Å². The molecule has 0 radical (unpaired) electrons. The van der Waals surface area contributed by atoms with Gasteiger partial charge in [-0.05, 0) is 62.7 Å². The lowest BCUT2D eigenvalue weighted by atomic mass is 9.94. The topological polar surface area (TPSA) is 105 Å². The molecular formula is C22H24O8. The van der Waals surface area contributed by atoms with Gasteiger partial charge in [-0.2, -0.15) is 0 Å². The first-order valence-electron chi connectivity index (χ1n) is 9.68. The highest BCUT2D eigenvalue weighted by Gasteiger charge is 2.23. The van der Waals surface area contributed by atoms with Crippen LogP contribution in [0.4, 0.5) is 0 Å². The maximum atomic E-state index is 12.6. The summed E-state index contributed by atoms with van der Waals surface area (Å²) in [5.41, 5.74) is 0.187. The molecule has 0 unspecified atom stereocenters. The van der Waals surface area contributed by atoms with Gasteiger partial charge in [0, 0.05) is 0 Å². The smallest absolute Gasteiger partial charge is 0.338 e. The molecule has 160 valence electrons. The molecule has 0 aliphatic rings. The molecule has 8 heteroatoms. The van der Waals surface area contributed by atoms with Gasteiger partial charge in [-0.25, -0.2) is 19.2 Å². The molecule has 0 N–H and O–H groups in total. The number of carbonyl (C=O) groups is 4. The standard InChI is InChI=1S/C22H24O8/c1-5-27-19(23)13-9-15-16(17(11-13)21(25)29-7-3)10-14(20(24)28-6-2)12-18(15)22(26)30-8-4/h9-12H,5-8H2,1-4H3. The molecule has 0 aliphatic heterocycles. The Balaban J connectivity index is 2.87. The van der Waals surface area contributed by atoms with Crippen molar-refractivity contribution >= 4 is 34.6 Å². The van der Waals surface area contributed by atoms with Crippen molar-refractivity contribution in [1.29, 1.82) is 0 Å². The highest BCUT2D eigenvalue weighted by atomic mass is 16.5. The second kappa shape index (κ2) is 10.4.